The Morgan fingerprint density at radius 3 is 2.75 bits per heavy atom. The van der Waals surface area contributed by atoms with E-state index < -0.39 is 5.97 Å². The number of ether oxygens (including phenoxy) is 1. The maximum atomic E-state index is 10.8. The van der Waals surface area contributed by atoms with Crippen LogP contribution in [0.1, 0.15) is 13.3 Å². The first kappa shape index (κ1) is 13.4. The summed E-state index contributed by atoms with van der Waals surface area (Å²) in [7, 11) is 0. The monoisotopic (exact) mass is 230 g/mol. The third-order valence-electron chi connectivity index (χ3n) is 2.94. The van der Waals surface area contributed by atoms with Gasteiger partial charge in [0.15, 0.2) is 0 Å². The van der Waals surface area contributed by atoms with Crippen LogP contribution in [0.5, 0.6) is 0 Å². The molecular weight excluding hydrogens is 208 g/mol. The topological polar surface area (TPSA) is 61.8 Å². The summed E-state index contributed by atoms with van der Waals surface area (Å²) < 4.78 is 5.25. The van der Waals surface area contributed by atoms with Crippen molar-refractivity contribution in [2.45, 2.75) is 13.3 Å². The van der Waals surface area contributed by atoms with Gasteiger partial charge in [-0.15, -0.1) is 0 Å². The lowest BCUT2D eigenvalue weighted by Crippen LogP contribution is -2.41. The van der Waals surface area contributed by atoms with Gasteiger partial charge in [0.2, 0.25) is 0 Å². The van der Waals surface area contributed by atoms with Gasteiger partial charge in [0.25, 0.3) is 0 Å². The predicted molar refractivity (Wildman–Crippen MR) is 61.5 cm³/mol. The number of rotatable bonds is 7. The number of hydrogen-bond donors (Lipinski definition) is 2. The summed E-state index contributed by atoms with van der Waals surface area (Å²) in [4.78, 5) is 13.1. The van der Waals surface area contributed by atoms with E-state index in [1.165, 1.54) is 0 Å². The van der Waals surface area contributed by atoms with Crippen LogP contribution < -0.4 is 5.32 Å². The number of aliphatic carboxylic acids is 1. The van der Waals surface area contributed by atoms with E-state index in [2.05, 4.69) is 10.2 Å². The minimum absolute atomic E-state index is 0.260. The molecule has 0 bridgehead atoms. The van der Waals surface area contributed by atoms with Gasteiger partial charge in [-0.3, -0.25) is 9.69 Å². The molecule has 94 valence electrons. The highest BCUT2D eigenvalue weighted by Gasteiger charge is 2.14. The van der Waals surface area contributed by atoms with Crippen LogP contribution in [0.25, 0.3) is 0 Å². The first-order valence-electron chi connectivity index (χ1n) is 5.97. The third kappa shape index (κ3) is 4.92. The van der Waals surface area contributed by atoms with E-state index in [1.807, 2.05) is 6.92 Å². The van der Waals surface area contributed by atoms with Crippen molar-refractivity contribution in [2.24, 2.45) is 5.92 Å². The Morgan fingerprint density at radius 1 is 1.50 bits per heavy atom. The number of carboxylic acids is 1. The maximum absolute atomic E-state index is 10.8. The van der Waals surface area contributed by atoms with Gasteiger partial charge in [0.05, 0.1) is 19.1 Å². The molecule has 0 saturated carbocycles. The highest BCUT2D eigenvalue weighted by Crippen LogP contribution is 2.00. The fraction of sp³-hybridized carbons (Fsp3) is 0.909. The molecule has 0 amide bonds. The van der Waals surface area contributed by atoms with Crippen LogP contribution in [0.2, 0.25) is 0 Å². The Hall–Kier alpha value is -0.650. The standard InChI is InChI=1S/C11H22N2O3/c1-2-10(11(14)15)9-12-3-4-13-5-7-16-8-6-13/h10,12H,2-9H2,1H3,(H,14,15). The van der Waals surface area contributed by atoms with Crippen LogP contribution in [-0.4, -0.2) is 61.9 Å². The van der Waals surface area contributed by atoms with Crippen molar-refractivity contribution < 1.29 is 14.6 Å². The summed E-state index contributed by atoms with van der Waals surface area (Å²) in [5, 5.41) is 12.1. The molecule has 1 aliphatic heterocycles. The number of nitrogens with one attached hydrogen (secondary N) is 1. The lowest BCUT2D eigenvalue weighted by atomic mass is 10.1. The molecule has 2 N–H and O–H groups in total. The highest BCUT2D eigenvalue weighted by molar-refractivity contribution is 5.70. The van der Waals surface area contributed by atoms with Crippen LogP contribution >= 0.6 is 0 Å². The molecule has 16 heavy (non-hydrogen) atoms. The molecular formula is C11H22N2O3. The predicted octanol–water partition coefficient (Wildman–Crippen LogP) is 0.0190. The van der Waals surface area contributed by atoms with Crippen LogP contribution in [-0.2, 0) is 9.53 Å². The Bertz CT molecular complexity index is 205. The quantitative estimate of drug-likeness (QED) is 0.604. The number of hydrogen-bond acceptors (Lipinski definition) is 4. The number of carboxylic acid groups (broad SMARTS) is 1. The second-order valence-electron chi connectivity index (χ2n) is 4.10. The van der Waals surface area contributed by atoms with Gasteiger partial charge in [-0.25, -0.2) is 0 Å². The first-order chi connectivity index (χ1) is 7.74. The van der Waals surface area contributed by atoms with Crippen molar-refractivity contribution in [1.82, 2.24) is 10.2 Å². The van der Waals surface area contributed by atoms with Gasteiger partial charge in [-0.1, -0.05) is 6.92 Å². The molecule has 1 atom stereocenters. The SMILES string of the molecule is CCC(CNCCN1CCOCC1)C(=O)O. The summed E-state index contributed by atoms with van der Waals surface area (Å²) in [5.41, 5.74) is 0. The van der Waals surface area contributed by atoms with E-state index in [0.29, 0.717) is 13.0 Å². The Morgan fingerprint density at radius 2 is 2.19 bits per heavy atom. The van der Waals surface area contributed by atoms with E-state index in [1.54, 1.807) is 0 Å². The molecule has 1 saturated heterocycles. The van der Waals surface area contributed by atoms with Crippen molar-refractivity contribution >= 4 is 5.97 Å². The zero-order chi connectivity index (χ0) is 11.8. The van der Waals surface area contributed by atoms with Crippen LogP contribution in [0, 0.1) is 5.92 Å². The first-order valence-corrected chi connectivity index (χ1v) is 5.97. The Balaban J connectivity index is 2.03. The van der Waals surface area contributed by atoms with Gasteiger partial charge >= 0.3 is 5.97 Å². The van der Waals surface area contributed by atoms with E-state index in [0.717, 1.165) is 39.4 Å². The van der Waals surface area contributed by atoms with Gasteiger partial charge in [0, 0.05) is 32.7 Å². The Kier molecular flexibility index (Phi) is 6.37. The van der Waals surface area contributed by atoms with Crippen LogP contribution in [0.4, 0.5) is 0 Å². The molecule has 0 radical (unpaired) electrons. The molecule has 1 rings (SSSR count). The molecule has 5 heteroatoms. The molecule has 0 spiro atoms. The van der Waals surface area contributed by atoms with E-state index in [-0.39, 0.29) is 5.92 Å². The molecule has 0 aromatic rings. The molecule has 0 aromatic heterocycles. The van der Waals surface area contributed by atoms with Gasteiger partial charge in [-0.2, -0.15) is 0 Å². The summed E-state index contributed by atoms with van der Waals surface area (Å²) in [6.07, 6.45) is 0.680. The third-order valence-corrected chi connectivity index (χ3v) is 2.94. The van der Waals surface area contributed by atoms with Crippen LogP contribution in [0.15, 0.2) is 0 Å². The molecule has 1 heterocycles. The lowest BCUT2D eigenvalue weighted by Gasteiger charge is -2.26. The summed E-state index contributed by atoms with van der Waals surface area (Å²) >= 11 is 0. The number of nitrogens with zero attached hydrogens (tertiary/aromatic N) is 1. The highest BCUT2D eigenvalue weighted by atomic mass is 16.5. The Labute approximate surface area is 96.8 Å². The normalized spacial score (nSPS) is 19.6. The number of carbonyl (C=O) groups is 1. The van der Waals surface area contributed by atoms with Crippen molar-refractivity contribution in [1.29, 1.82) is 0 Å². The van der Waals surface area contributed by atoms with Gasteiger partial charge in [-0.05, 0) is 6.42 Å². The minimum atomic E-state index is -0.707. The molecule has 5 nitrogen and oxygen atoms in total. The summed E-state index contributed by atoms with van der Waals surface area (Å²) in [6.45, 7) is 7.89. The average molecular weight is 230 g/mol. The molecule has 1 fully saturated rings. The smallest absolute Gasteiger partial charge is 0.307 e. The molecule has 1 unspecified atom stereocenters. The zero-order valence-electron chi connectivity index (χ0n) is 9.95. The van der Waals surface area contributed by atoms with Crippen molar-refractivity contribution in [2.75, 3.05) is 45.9 Å². The number of morpholine rings is 1. The lowest BCUT2D eigenvalue weighted by molar-refractivity contribution is -0.141. The molecule has 0 aliphatic carbocycles. The second-order valence-corrected chi connectivity index (χ2v) is 4.10. The van der Waals surface area contributed by atoms with Crippen molar-refractivity contribution in [3.63, 3.8) is 0 Å². The largest absolute Gasteiger partial charge is 0.481 e. The zero-order valence-corrected chi connectivity index (χ0v) is 9.95. The van der Waals surface area contributed by atoms with E-state index >= 15 is 0 Å². The fourth-order valence-corrected chi connectivity index (χ4v) is 1.74. The van der Waals surface area contributed by atoms with E-state index in [4.69, 9.17) is 9.84 Å². The average Bonchev–Trinajstić information content (AvgIpc) is 2.30. The summed E-state index contributed by atoms with van der Waals surface area (Å²) in [6, 6.07) is 0. The van der Waals surface area contributed by atoms with Gasteiger partial charge in [0.1, 0.15) is 0 Å². The molecule has 1 aliphatic rings. The fourth-order valence-electron chi connectivity index (χ4n) is 1.74. The maximum Gasteiger partial charge on any atom is 0.307 e. The molecule has 0 aromatic carbocycles. The second kappa shape index (κ2) is 7.60. The van der Waals surface area contributed by atoms with E-state index in [9.17, 15) is 4.79 Å². The van der Waals surface area contributed by atoms with Crippen molar-refractivity contribution in [3.05, 3.63) is 0 Å². The van der Waals surface area contributed by atoms with Crippen LogP contribution in [0.3, 0.4) is 0 Å². The summed E-state index contributed by atoms with van der Waals surface area (Å²) in [5.74, 6) is -0.967. The van der Waals surface area contributed by atoms with Crippen molar-refractivity contribution in [3.8, 4) is 0 Å². The minimum Gasteiger partial charge on any atom is -0.481 e. The van der Waals surface area contributed by atoms with Gasteiger partial charge < -0.3 is 15.2 Å².